The highest BCUT2D eigenvalue weighted by atomic mass is 16.4. The highest BCUT2D eigenvalue weighted by Crippen LogP contribution is 2.25. The zero-order valence-corrected chi connectivity index (χ0v) is 17.3. The zero-order valence-electron chi connectivity index (χ0n) is 17.3. The van der Waals surface area contributed by atoms with Crippen molar-refractivity contribution >= 4 is 5.97 Å². The van der Waals surface area contributed by atoms with Gasteiger partial charge in [0.05, 0.1) is 5.56 Å². The molecular weight excluding hydrogens is 382 g/mol. The summed E-state index contributed by atoms with van der Waals surface area (Å²) in [5.74, 6) is -0.906. The van der Waals surface area contributed by atoms with Crippen LogP contribution in [0.2, 0.25) is 0 Å². The van der Waals surface area contributed by atoms with E-state index in [-0.39, 0.29) is 0 Å². The van der Waals surface area contributed by atoms with Gasteiger partial charge in [0.1, 0.15) is 0 Å². The van der Waals surface area contributed by atoms with Gasteiger partial charge in [-0.15, -0.1) is 0 Å². The SMILES string of the molecule is O=C(O)c1ccccc1-c1ccc(CN(Cc2ccccc2)Cc2ccccc2)cc1. The number of hydrogen-bond acceptors (Lipinski definition) is 2. The molecule has 0 spiro atoms. The number of carbonyl (C=O) groups is 1. The molecule has 3 nitrogen and oxygen atoms in total. The van der Waals surface area contributed by atoms with Crippen LogP contribution in [0, 0.1) is 0 Å². The third kappa shape index (κ3) is 5.47. The number of hydrogen-bond donors (Lipinski definition) is 1. The summed E-state index contributed by atoms with van der Waals surface area (Å²) in [4.78, 5) is 14.0. The van der Waals surface area contributed by atoms with Crippen LogP contribution in [0.15, 0.2) is 109 Å². The van der Waals surface area contributed by atoms with Crippen molar-refractivity contribution in [3.63, 3.8) is 0 Å². The number of carboxylic acid groups (broad SMARTS) is 1. The van der Waals surface area contributed by atoms with Gasteiger partial charge in [-0.1, -0.05) is 103 Å². The summed E-state index contributed by atoms with van der Waals surface area (Å²) in [7, 11) is 0. The summed E-state index contributed by atoms with van der Waals surface area (Å²) in [5.41, 5.74) is 5.75. The van der Waals surface area contributed by atoms with Crippen LogP contribution in [0.3, 0.4) is 0 Å². The second kappa shape index (κ2) is 9.88. The second-order valence-electron chi connectivity index (χ2n) is 7.66. The first-order chi connectivity index (χ1) is 15.2. The van der Waals surface area contributed by atoms with Gasteiger partial charge in [-0.2, -0.15) is 0 Å². The predicted octanol–water partition coefficient (Wildman–Crippen LogP) is 6.25. The fourth-order valence-corrected chi connectivity index (χ4v) is 3.82. The van der Waals surface area contributed by atoms with Gasteiger partial charge in [0.2, 0.25) is 0 Å². The molecule has 4 aromatic carbocycles. The van der Waals surface area contributed by atoms with E-state index < -0.39 is 5.97 Å². The molecule has 4 rings (SSSR count). The number of carboxylic acids is 1. The molecule has 0 saturated heterocycles. The van der Waals surface area contributed by atoms with Gasteiger partial charge in [-0.25, -0.2) is 4.79 Å². The lowest BCUT2D eigenvalue weighted by Gasteiger charge is -2.23. The molecule has 31 heavy (non-hydrogen) atoms. The molecule has 0 aromatic heterocycles. The second-order valence-corrected chi connectivity index (χ2v) is 7.66. The van der Waals surface area contributed by atoms with Gasteiger partial charge in [0.15, 0.2) is 0 Å². The molecule has 0 atom stereocenters. The van der Waals surface area contributed by atoms with Gasteiger partial charge < -0.3 is 5.11 Å². The first-order valence-electron chi connectivity index (χ1n) is 10.4. The lowest BCUT2D eigenvalue weighted by Crippen LogP contribution is -2.22. The third-order valence-electron chi connectivity index (χ3n) is 5.33. The van der Waals surface area contributed by atoms with Crippen molar-refractivity contribution in [1.82, 2.24) is 4.90 Å². The van der Waals surface area contributed by atoms with E-state index in [4.69, 9.17) is 0 Å². The van der Waals surface area contributed by atoms with Crippen LogP contribution in [-0.4, -0.2) is 16.0 Å². The summed E-state index contributed by atoms with van der Waals surface area (Å²) in [5, 5.41) is 9.47. The standard InChI is InChI=1S/C28H25NO2/c30-28(31)27-14-8-7-13-26(27)25-17-15-24(16-18-25)21-29(19-22-9-3-1-4-10-22)20-23-11-5-2-6-12-23/h1-18H,19-21H2,(H,30,31). The van der Waals surface area contributed by atoms with E-state index in [2.05, 4.69) is 65.6 Å². The lowest BCUT2D eigenvalue weighted by molar-refractivity contribution is 0.0697. The Balaban J connectivity index is 1.54. The average Bonchev–Trinajstić information content (AvgIpc) is 2.81. The minimum Gasteiger partial charge on any atom is -0.478 e. The molecule has 1 N–H and O–H groups in total. The number of nitrogens with zero attached hydrogens (tertiary/aromatic N) is 1. The van der Waals surface area contributed by atoms with Crippen molar-refractivity contribution in [2.45, 2.75) is 19.6 Å². The number of rotatable bonds is 8. The van der Waals surface area contributed by atoms with E-state index in [1.807, 2.05) is 36.4 Å². The van der Waals surface area contributed by atoms with E-state index in [9.17, 15) is 9.90 Å². The lowest BCUT2D eigenvalue weighted by atomic mass is 9.98. The average molecular weight is 408 g/mol. The van der Waals surface area contributed by atoms with Gasteiger partial charge in [-0.3, -0.25) is 4.90 Å². The van der Waals surface area contributed by atoms with E-state index in [1.165, 1.54) is 16.7 Å². The topological polar surface area (TPSA) is 40.5 Å². The highest BCUT2D eigenvalue weighted by Gasteiger charge is 2.12. The van der Waals surface area contributed by atoms with E-state index in [1.54, 1.807) is 12.1 Å². The van der Waals surface area contributed by atoms with Gasteiger partial charge >= 0.3 is 5.97 Å². The van der Waals surface area contributed by atoms with Crippen LogP contribution >= 0.6 is 0 Å². The molecule has 0 radical (unpaired) electrons. The first-order valence-corrected chi connectivity index (χ1v) is 10.4. The van der Waals surface area contributed by atoms with Crippen LogP contribution in [0.4, 0.5) is 0 Å². The molecule has 0 unspecified atom stereocenters. The highest BCUT2D eigenvalue weighted by molar-refractivity contribution is 5.95. The molecule has 0 fully saturated rings. The molecule has 0 aliphatic heterocycles. The molecule has 154 valence electrons. The molecule has 3 heteroatoms. The van der Waals surface area contributed by atoms with Crippen molar-refractivity contribution in [3.8, 4) is 11.1 Å². The van der Waals surface area contributed by atoms with Crippen molar-refractivity contribution in [1.29, 1.82) is 0 Å². The van der Waals surface area contributed by atoms with Gasteiger partial charge in [-0.05, 0) is 33.9 Å². The maximum Gasteiger partial charge on any atom is 0.336 e. The van der Waals surface area contributed by atoms with Crippen molar-refractivity contribution < 1.29 is 9.90 Å². The summed E-state index contributed by atoms with van der Waals surface area (Å²) < 4.78 is 0. The number of benzene rings is 4. The van der Waals surface area contributed by atoms with Crippen molar-refractivity contribution in [3.05, 3.63) is 131 Å². The molecule has 0 bridgehead atoms. The van der Waals surface area contributed by atoms with E-state index in [0.717, 1.165) is 30.8 Å². The Bertz CT molecular complexity index is 1080. The van der Waals surface area contributed by atoms with Crippen LogP contribution in [-0.2, 0) is 19.6 Å². The molecule has 0 aliphatic rings. The zero-order chi connectivity index (χ0) is 21.5. The Hall–Kier alpha value is -3.69. The summed E-state index contributed by atoms with van der Waals surface area (Å²) in [6.45, 7) is 2.53. The number of aromatic carboxylic acids is 1. The molecule has 0 amide bonds. The Labute approximate surface area is 183 Å². The van der Waals surface area contributed by atoms with Crippen LogP contribution in [0.1, 0.15) is 27.0 Å². The minimum atomic E-state index is -0.906. The molecule has 0 heterocycles. The predicted molar refractivity (Wildman–Crippen MR) is 125 cm³/mol. The molecule has 4 aromatic rings. The first kappa shape index (κ1) is 20.6. The Morgan fingerprint density at radius 1 is 0.581 bits per heavy atom. The molecule has 0 aliphatic carbocycles. The van der Waals surface area contributed by atoms with Gasteiger partial charge in [0, 0.05) is 19.6 Å². The summed E-state index contributed by atoms with van der Waals surface area (Å²) in [6.07, 6.45) is 0. The Morgan fingerprint density at radius 3 is 1.55 bits per heavy atom. The quantitative estimate of drug-likeness (QED) is 0.375. The van der Waals surface area contributed by atoms with Crippen LogP contribution in [0.5, 0.6) is 0 Å². The van der Waals surface area contributed by atoms with Gasteiger partial charge in [0.25, 0.3) is 0 Å². The third-order valence-corrected chi connectivity index (χ3v) is 5.33. The van der Waals surface area contributed by atoms with E-state index in [0.29, 0.717) is 5.56 Å². The van der Waals surface area contributed by atoms with Crippen molar-refractivity contribution in [2.75, 3.05) is 0 Å². The van der Waals surface area contributed by atoms with Crippen LogP contribution < -0.4 is 0 Å². The Kier molecular flexibility index (Phi) is 6.56. The molecule has 0 saturated carbocycles. The largest absolute Gasteiger partial charge is 0.478 e. The summed E-state index contributed by atoms with van der Waals surface area (Å²) in [6, 6.07) is 36.4. The van der Waals surface area contributed by atoms with E-state index >= 15 is 0 Å². The maximum absolute atomic E-state index is 11.5. The monoisotopic (exact) mass is 407 g/mol. The fraction of sp³-hybridized carbons (Fsp3) is 0.107. The van der Waals surface area contributed by atoms with Crippen LogP contribution in [0.25, 0.3) is 11.1 Å². The minimum absolute atomic E-state index is 0.324. The Morgan fingerprint density at radius 2 is 1.03 bits per heavy atom. The fourth-order valence-electron chi connectivity index (χ4n) is 3.82. The summed E-state index contributed by atoms with van der Waals surface area (Å²) >= 11 is 0. The van der Waals surface area contributed by atoms with Crippen molar-refractivity contribution in [2.24, 2.45) is 0 Å². The normalized spacial score (nSPS) is 10.9. The smallest absolute Gasteiger partial charge is 0.336 e. The molecular formula is C28H25NO2. The maximum atomic E-state index is 11.5.